The summed E-state index contributed by atoms with van der Waals surface area (Å²) in [4.78, 5) is 8.47. The number of aromatic amines is 1. The summed E-state index contributed by atoms with van der Waals surface area (Å²) in [7, 11) is 0. The Balaban J connectivity index is 2.00. The first-order valence-electron chi connectivity index (χ1n) is 5.91. The normalized spacial score (nSPS) is 12.5. The molecular formula is C13H12ClN5. The number of anilines is 1. The number of rotatable bonds is 3. The van der Waals surface area contributed by atoms with E-state index in [0.717, 1.165) is 22.3 Å². The molecule has 0 saturated heterocycles. The van der Waals surface area contributed by atoms with E-state index in [0.29, 0.717) is 0 Å². The Kier molecular flexibility index (Phi) is 3.05. The van der Waals surface area contributed by atoms with Crippen LogP contribution in [0.3, 0.4) is 0 Å². The van der Waals surface area contributed by atoms with Gasteiger partial charge in [0.05, 0.1) is 17.8 Å². The average molecular weight is 274 g/mol. The van der Waals surface area contributed by atoms with E-state index < -0.39 is 0 Å². The van der Waals surface area contributed by atoms with Crippen LogP contribution < -0.4 is 5.32 Å². The fourth-order valence-corrected chi connectivity index (χ4v) is 2.12. The standard InChI is InChI=1S/C13H12ClN5/c1-8(9-6-15-16-7-9)17-12-10-4-2-3-5-11(10)18-13(14)19-12/h2-8H,1H3,(H,15,16)(H,17,18,19). The van der Waals surface area contributed by atoms with Crippen LogP contribution in [0.4, 0.5) is 5.82 Å². The second kappa shape index (κ2) is 4.85. The lowest BCUT2D eigenvalue weighted by atomic mass is 10.2. The van der Waals surface area contributed by atoms with Crippen molar-refractivity contribution in [3.63, 3.8) is 0 Å². The number of para-hydroxylation sites is 1. The molecule has 0 amide bonds. The average Bonchev–Trinajstić information content (AvgIpc) is 2.92. The monoisotopic (exact) mass is 273 g/mol. The topological polar surface area (TPSA) is 66.5 Å². The molecule has 0 aliphatic heterocycles. The Morgan fingerprint density at radius 1 is 1.26 bits per heavy atom. The van der Waals surface area contributed by atoms with Crippen LogP contribution in [0.5, 0.6) is 0 Å². The number of nitrogens with zero attached hydrogens (tertiary/aromatic N) is 3. The summed E-state index contributed by atoms with van der Waals surface area (Å²) >= 11 is 5.95. The third-order valence-electron chi connectivity index (χ3n) is 2.95. The first-order valence-corrected chi connectivity index (χ1v) is 6.29. The van der Waals surface area contributed by atoms with Gasteiger partial charge in [0.15, 0.2) is 0 Å². The summed E-state index contributed by atoms with van der Waals surface area (Å²) in [5, 5.41) is 11.3. The molecule has 0 fully saturated rings. The second-order valence-electron chi connectivity index (χ2n) is 4.26. The van der Waals surface area contributed by atoms with E-state index in [-0.39, 0.29) is 11.3 Å². The predicted molar refractivity (Wildman–Crippen MR) is 75.2 cm³/mol. The molecule has 96 valence electrons. The molecule has 0 aliphatic carbocycles. The number of hydrogen-bond donors (Lipinski definition) is 2. The fraction of sp³-hybridized carbons (Fsp3) is 0.154. The maximum Gasteiger partial charge on any atom is 0.224 e. The van der Waals surface area contributed by atoms with E-state index in [1.54, 1.807) is 6.20 Å². The van der Waals surface area contributed by atoms with E-state index >= 15 is 0 Å². The molecule has 2 aromatic heterocycles. The van der Waals surface area contributed by atoms with Gasteiger partial charge in [-0.15, -0.1) is 0 Å². The van der Waals surface area contributed by atoms with Crippen molar-refractivity contribution in [1.29, 1.82) is 0 Å². The number of nitrogens with one attached hydrogen (secondary N) is 2. The van der Waals surface area contributed by atoms with Crippen LogP contribution in [0.25, 0.3) is 10.9 Å². The molecule has 3 aromatic rings. The molecule has 1 atom stereocenters. The lowest BCUT2D eigenvalue weighted by molar-refractivity contribution is 0.877. The van der Waals surface area contributed by atoms with Crippen molar-refractivity contribution < 1.29 is 0 Å². The highest BCUT2D eigenvalue weighted by Gasteiger charge is 2.11. The van der Waals surface area contributed by atoms with Gasteiger partial charge in [0.1, 0.15) is 5.82 Å². The molecule has 3 rings (SSSR count). The molecule has 0 saturated carbocycles. The first kappa shape index (κ1) is 11.9. The number of benzene rings is 1. The van der Waals surface area contributed by atoms with Gasteiger partial charge in [0.25, 0.3) is 0 Å². The number of halogens is 1. The Hall–Kier alpha value is -2.14. The summed E-state index contributed by atoms with van der Waals surface area (Å²) < 4.78 is 0. The van der Waals surface area contributed by atoms with Crippen LogP contribution >= 0.6 is 11.6 Å². The molecule has 1 aromatic carbocycles. The summed E-state index contributed by atoms with van der Waals surface area (Å²) in [6.45, 7) is 2.04. The zero-order valence-corrected chi connectivity index (χ0v) is 11.0. The zero-order chi connectivity index (χ0) is 13.2. The van der Waals surface area contributed by atoms with Gasteiger partial charge in [-0.3, -0.25) is 5.10 Å². The number of hydrogen-bond acceptors (Lipinski definition) is 4. The third-order valence-corrected chi connectivity index (χ3v) is 3.12. The van der Waals surface area contributed by atoms with Crippen LogP contribution in [0, 0.1) is 0 Å². The Morgan fingerprint density at radius 2 is 2.11 bits per heavy atom. The van der Waals surface area contributed by atoms with Gasteiger partial charge in [-0.1, -0.05) is 12.1 Å². The minimum Gasteiger partial charge on any atom is -0.363 e. The number of aromatic nitrogens is 4. The summed E-state index contributed by atoms with van der Waals surface area (Å²) in [5.41, 5.74) is 1.88. The van der Waals surface area contributed by atoms with Crippen molar-refractivity contribution in [1.82, 2.24) is 20.2 Å². The Labute approximate surface area is 115 Å². The van der Waals surface area contributed by atoms with Gasteiger partial charge in [0, 0.05) is 17.1 Å². The van der Waals surface area contributed by atoms with Crippen LogP contribution in [0.1, 0.15) is 18.5 Å². The van der Waals surface area contributed by atoms with E-state index in [1.807, 2.05) is 37.4 Å². The van der Waals surface area contributed by atoms with E-state index in [4.69, 9.17) is 11.6 Å². The highest BCUT2D eigenvalue weighted by Crippen LogP contribution is 2.25. The van der Waals surface area contributed by atoms with Gasteiger partial charge >= 0.3 is 0 Å². The fourth-order valence-electron chi connectivity index (χ4n) is 1.94. The SMILES string of the molecule is CC(Nc1nc(Cl)nc2ccccc12)c1cn[nH]c1. The molecule has 5 nitrogen and oxygen atoms in total. The lowest BCUT2D eigenvalue weighted by Crippen LogP contribution is -2.08. The van der Waals surface area contributed by atoms with Crippen molar-refractivity contribution >= 4 is 28.3 Å². The van der Waals surface area contributed by atoms with Crippen LogP contribution in [-0.2, 0) is 0 Å². The smallest absolute Gasteiger partial charge is 0.224 e. The highest BCUT2D eigenvalue weighted by molar-refractivity contribution is 6.28. The predicted octanol–water partition coefficient (Wildman–Crippen LogP) is 3.18. The summed E-state index contributed by atoms with van der Waals surface area (Å²) in [6.07, 6.45) is 3.63. The molecule has 19 heavy (non-hydrogen) atoms. The Morgan fingerprint density at radius 3 is 2.89 bits per heavy atom. The van der Waals surface area contributed by atoms with Crippen LogP contribution in [0.15, 0.2) is 36.7 Å². The maximum absolute atomic E-state index is 5.95. The van der Waals surface area contributed by atoms with Crippen LogP contribution in [-0.4, -0.2) is 20.2 Å². The van der Waals surface area contributed by atoms with Gasteiger partial charge < -0.3 is 5.32 Å². The minimum atomic E-state index is 0.0770. The molecule has 0 radical (unpaired) electrons. The van der Waals surface area contributed by atoms with E-state index in [1.165, 1.54) is 0 Å². The van der Waals surface area contributed by atoms with Gasteiger partial charge in [-0.2, -0.15) is 5.10 Å². The molecule has 0 aliphatic rings. The number of H-pyrrole nitrogens is 1. The highest BCUT2D eigenvalue weighted by atomic mass is 35.5. The number of fused-ring (bicyclic) bond motifs is 1. The van der Waals surface area contributed by atoms with Crippen molar-refractivity contribution in [2.24, 2.45) is 0 Å². The van der Waals surface area contributed by atoms with Gasteiger partial charge in [0.2, 0.25) is 5.28 Å². The third kappa shape index (κ3) is 2.37. The first-order chi connectivity index (χ1) is 9.24. The maximum atomic E-state index is 5.95. The van der Waals surface area contributed by atoms with Gasteiger partial charge in [-0.25, -0.2) is 9.97 Å². The summed E-state index contributed by atoms with van der Waals surface area (Å²) in [5.74, 6) is 0.726. The quantitative estimate of drug-likeness (QED) is 0.719. The van der Waals surface area contributed by atoms with Crippen LogP contribution in [0.2, 0.25) is 5.28 Å². The van der Waals surface area contributed by atoms with Crippen molar-refractivity contribution in [3.8, 4) is 0 Å². The molecule has 0 bridgehead atoms. The summed E-state index contributed by atoms with van der Waals surface area (Å²) in [6, 6.07) is 7.84. The van der Waals surface area contributed by atoms with E-state index in [9.17, 15) is 0 Å². The van der Waals surface area contributed by atoms with E-state index in [2.05, 4.69) is 25.5 Å². The molecule has 0 spiro atoms. The lowest BCUT2D eigenvalue weighted by Gasteiger charge is -2.14. The van der Waals surface area contributed by atoms with Crippen molar-refractivity contribution in [3.05, 3.63) is 47.5 Å². The Bertz CT molecular complexity index is 695. The zero-order valence-electron chi connectivity index (χ0n) is 10.3. The van der Waals surface area contributed by atoms with Crippen molar-refractivity contribution in [2.75, 3.05) is 5.32 Å². The molecule has 2 heterocycles. The molecule has 2 N–H and O–H groups in total. The van der Waals surface area contributed by atoms with Gasteiger partial charge in [-0.05, 0) is 30.7 Å². The molecular weight excluding hydrogens is 262 g/mol. The van der Waals surface area contributed by atoms with Crippen molar-refractivity contribution in [2.45, 2.75) is 13.0 Å². The molecule has 1 unspecified atom stereocenters. The second-order valence-corrected chi connectivity index (χ2v) is 4.59. The largest absolute Gasteiger partial charge is 0.363 e. The molecule has 6 heteroatoms. The minimum absolute atomic E-state index is 0.0770.